The van der Waals surface area contributed by atoms with Gasteiger partial charge in [0.25, 0.3) is 5.69 Å². The molecule has 15 heavy (non-hydrogen) atoms. The molecule has 0 aliphatic carbocycles. The summed E-state index contributed by atoms with van der Waals surface area (Å²) < 4.78 is 0.214. The zero-order chi connectivity index (χ0) is 11.4. The Morgan fingerprint density at radius 1 is 1.67 bits per heavy atom. The lowest BCUT2D eigenvalue weighted by atomic mass is 10.2. The van der Waals surface area contributed by atoms with Gasteiger partial charge in [0, 0.05) is 21.5 Å². The monoisotopic (exact) mass is 267 g/mol. The molecule has 0 saturated carbocycles. The number of nitrogens with zero attached hydrogens (tertiary/aromatic N) is 5. The van der Waals surface area contributed by atoms with E-state index in [1.807, 2.05) is 0 Å². The third kappa shape index (κ3) is 2.22. The fourth-order valence-corrected chi connectivity index (χ4v) is 1.45. The van der Waals surface area contributed by atoms with Crippen LogP contribution in [0.5, 0.6) is 0 Å². The number of nitro groups is 1. The molecular weight excluding hydrogens is 266 g/mol. The molecule has 0 saturated heterocycles. The first kappa shape index (κ1) is 11.0. The molecule has 0 atom stereocenters. The molecule has 0 aromatic heterocycles. The van der Waals surface area contributed by atoms with Crippen LogP contribution in [0.4, 0.5) is 11.4 Å². The number of hydrogen-bond donors (Lipinski definition) is 0. The number of nitro benzene ring substituents is 1. The maximum Gasteiger partial charge on any atom is 0.271 e. The predicted octanol–water partition coefficient (Wildman–Crippen LogP) is 3.17. The van der Waals surface area contributed by atoms with Gasteiger partial charge in [0.15, 0.2) is 0 Å². The Balaban J connectivity index is 3.52. The zero-order valence-corrected chi connectivity index (χ0v) is 8.67. The van der Waals surface area contributed by atoms with Crippen LogP contribution in [0.1, 0.15) is 5.56 Å². The third-order valence-corrected chi connectivity index (χ3v) is 2.13. The molecule has 1 aromatic rings. The van der Waals surface area contributed by atoms with Gasteiger partial charge in [-0.1, -0.05) is 21.0 Å². The standard InChI is InChI=1S/C7H2BrN5O2/c8-6-2-5(13(14)15)1-4(3-9)7(6)11-12-10/h1-2H. The lowest BCUT2D eigenvalue weighted by Crippen LogP contribution is -1.89. The summed E-state index contributed by atoms with van der Waals surface area (Å²) in [5.74, 6) is 0. The second-order valence-electron chi connectivity index (χ2n) is 2.38. The summed E-state index contributed by atoms with van der Waals surface area (Å²) in [4.78, 5) is 12.4. The Kier molecular flexibility index (Phi) is 3.23. The van der Waals surface area contributed by atoms with Crippen LogP contribution >= 0.6 is 15.9 Å². The summed E-state index contributed by atoms with van der Waals surface area (Å²) in [6.07, 6.45) is 0. The second-order valence-corrected chi connectivity index (χ2v) is 3.24. The lowest BCUT2D eigenvalue weighted by molar-refractivity contribution is -0.384. The van der Waals surface area contributed by atoms with Gasteiger partial charge in [-0.2, -0.15) is 5.26 Å². The highest BCUT2D eigenvalue weighted by Crippen LogP contribution is 2.33. The molecule has 0 heterocycles. The van der Waals surface area contributed by atoms with Crippen LogP contribution in [0.25, 0.3) is 10.4 Å². The molecule has 0 N–H and O–H groups in total. The summed E-state index contributed by atoms with van der Waals surface area (Å²) >= 11 is 2.99. The minimum Gasteiger partial charge on any atom is -0.258 e. The summed E-state index contributed by atoms with van der Waals surface area (Å²) in [5.41, 5.74) is 8.00. The molecule has 0 fully saturated rings. The van der Waals surface area contributed by atoms with Crippen molar-refractivity contribution in [2.24, 2.45) is 5.11 Å². The number of nitriles is 1. The highest BCUT2D eigenvalue weighted by Gasteiger charge is 2.13. The van der Waals surface area contributed by atoms with E-state index in [0.29, 0.717) is 0 Å². The SMILES string of the molecule is N#Cc1cc([N+](=O)[O-])cc(Br)c1N=[N+]=[N-]. The van der Waals surface area contributed by atoms with E-state index < -0.39 is 4.92 Å². The maximum atomic E-state index is 10.5. The summed E-state index contributed by atoms with van der Waals surface area (Å²) in [6, 6.07) is 3.94. The molecule has 0 spiro atoms. The van der Waals surface area contributed by atoms with Gasteiger partial charge in [-0.05, 0) is 5.53 Å². The summed E-state index contributed by atoms with van der Waals surface area (Å²) in [5, 5.41) is 22.4. The van der Waals surface area contributed by atoms with Gasteiger partial charge < -0.3 is 0 Å². The first-order chi connectivity index (χ1) is 7.10. The van der Waals surface area contributed by atoms with Crippen molar-refractivity contribution in [1.29, 1.82) is 5.26 Å². The summed E-state index contributed by atoms with van der Waals surface area (Å²) in [6.45, 7) is 0. The van der Waals surface area contributed by atoms with Gasteiger partial charge in [0.2, 0.25) is 0 Å². The number of benzene rings is 1. The Labute approximate surface area is 91.8 Å². The number of azide groups is 1. The van der Waals surface area contributed by atoms with Gasteiger partial charge in [-0.3, -0.25) is 10.1 Å². The number of hydrogen-bond acceptors (Lipinski definition) is 4. The Morgan fingerprint density at radius 3 is 2.80 bits per heavy atom. The van der Waals surface area contributed by atoms with E-state index in [0.717, 1.165) is 6.07 Å². The van der Waals surface area contributed by atoms with E-state index in [2.05, 4.69) is 26.0 Å². The van der Waals surface area contributed by atoms with E-state index in [4.69, 9.17) is 10.8 Å². The van der Waals surface area contributed by atoms with Gasteiger partial charge in [-0.15, -0.1) is 0 Å². The molecule has 0 bridgehead atoms. The largest absolute Gasteiger partial charge is 0.271 e. The molecule has 8 heteroatoms. The molecule has 0 radical (unpaired) electrons. The molecule has 1 aromatic carbocycles. The molecule has 7 nitrogen and oxygen atoms in total. The lowest BCUT2D eigenvalue weighted by Gasteiger charge is -1.99. The molecule has 0 unspecified atom stereocenters. The van der Waals surface area contributed by atoms with Crippen molar-refractivity contribution in [1.82, 2.24) is 0 Å². The minimum absolute atomic E-state index is 0.0469. The van der Waals surface area contributed by atoms with Gasteiger partial charge in [0.05, 0.1) is 22.2 Å². The van der Waals surface area contributed by atoms with E-state index in [1.54, 1.807) is 6.07 Å². The van der Waals surface area contributed by atoms with Crippen LogP contribution in [0.2, 0.25) is 0 Å². The Hall–Kier alpha value is -2.10. The number of halogens is 1. The predicted molar refractivity (Wildman–Crippen MR) is 54.3 cm³/mol. The number of non-ortho nitro benzene ring substituents is 1. The van der Waals surface area contributed by atoms with Gasteiger partial charge in [0.1, 0.15) is 0 Å². The van der Waals surface area contributed by atoms with Crippen molar-refractivity contribution in [2.45, 2.75) is 0 Å². The topological polar surface area (TPSA) is 116 Å². The highest BCUT2D eigenvalue weighted by molar-refractivity contribution is 9.10. The molecular formula is C7H2BrN5O2. The van der Waals surface area contributed by atoms with Crippen LogP contribution < -0.4 is 0 Å². The maximum absolute atomic E-state index is 10.5. The average molecular weight is 268 g/mol. The van der Waals surface area contributed by atoms with Crippen molar-refractivity contribution >= 4 is 27.3 Å². The van der Waals surface area contributed by atoms with Crippen LogP contribution in [-0.2, 0) is 0 Å². The van der Waals surface area contributed by atoms with Gasteiger partial charge >= 0.3 is 0 Å². The van der Waals surface area contributed by atoms with Crippen molar-refractivity contribution in [2.75, 3.05) is 0 Å². The molecule has 1 rings (SSSR count). The quantitative estimate of drug-likeness (QED) is 0.269. The number of rotatable bonds is 2. The third-order valence-electron chi connectivity index (χ3n) is 1.52. The van der Waals surface area contributed by atoms with Crippen molar-refractivity contribution < 1.29 is 4.92 Å². The zero-order valence-electron chi connectivity index (χ0n) is 7.09. The Morgan fingerprint density at radius 2 is 2.33 bits per heavy atom. The molecule has 74 valence electrons. The summed E-state index contributed by atoms with van der Waals surface area (Å²) in [7, 11) is 0. The van der Waals surface area contributed by atoms with Crippen LogP contribution in [0, 0.1) is 21.4 Å². The molecule has 0 aliphatic heterocycles. The minimum atomic E-state index is -0.633. The highest BCUT2D eigenvalue weighted by atomic mass is 79.9. The van der Waals surface area contributed by atoms with E-state index >= 15 is 0 Å². The fraction of sp³-hybridized carbons (Fsp3) is 0. The van der Waals surface area contributed by atoms with E-state index in [-0.39, 0.29) is 21.4 Å². The second kappa shape index (κ2) is 4.41. The van der Waals surface area contributed by atoms with Crippen LogP contribution in [-0.4, -0.2) is 4.92 Å². The van der Waals surface area contributed by atoms with Crippen molar-refractivity contribution in [3.63, 3.8) is 0 Å². The smallest absolute Gasteiger partial charge is 0.258 e. The van der Waals surface area contributed by atoms with E-state index in [1.165, 1.54) is 6.07 Å². The van der Waals surface area contributed by atoms with Crippen LogP contribution in [0.15, 0.2) is 21.7 Å². The van der Waals surface area contributed by atoms with Crippen molar-refractivity contribution in [3.8, 4) is 6.07 Å². The molecule has 0 amide bonds. The molecule has 0 aliphatic rings. The first-order valence-electron chi connectivity index (χ1n) is 3.53. The van der Waals surface area contributed by atoms with Crippen molar-refractivity contribution in [3.05, 3.63) is 42.7 Å². The normalized spacial score (nSPS) is 8.80. The Bertz CT molecular complexity index is 515. The first-order valence-corrected chi connectivity index (χ1v) is 4.32. The van der Waals surface area contributed by atoms with Crippen LogP contribution in [0.3, 0.4) is 0 Å². The fourth-order valence-electron chi connectivity index (χ4n) is 0.922. The average Bonchev–Trinajstić information content (AvgIpc) is 2.20. The van der Waals surface area contributed by atoms with Gasteiger partial charge in [-0.25, -0.2) is 0 Å². The van der Waals surface area contributed by atoms with E-state index in [9.17, 15) is 10.1 Å².